The summed E-state index contributed by atoms with van der Waals surface area (Å²) >= 11 is 0. The molecule has 28 heavy (non-hydrogen) atoms. The van der Waals surface area contributed by atoms with Gasteiger partial charge in [-0.2, -0.15) is 0 Å². The number of nitrogen functional groups attached to an aromatic ring is 2. The third-order valence-electron chi connectivity index (χ3n) is 4.70. The maximum atomic E-state index is 14.8. The molecule has 4 rings (SSSR count). The van der Waals surface area contributed by atoms with Gasteiger partial charge < -0.3 is 11.5 Å². The van der Waals surface area contributed by atoms with E-state index in [1.807, 2.05) is 13.8 Å². The van der Waals surface area contributed by atoms with Crippen LogP contribution in [0.1, 0.15) is 11.1 Å². The third-order valence-corrected chi connectivity index (χ3v) is 4.70. The van der Waals surface area contributed by atoms with Gasteiger partial charge in [-0.15, -0.1) is 0 Å². The van der Waals surface area contributed by atoms with Crippen molar-refractivity contribution in [3.8, 4) is 22.3 Å². The predicted molar refractivity (Wildman–Crippen MR) is 109 cm³/mol. The monoisotopic (exact) mass is 376 g/mol. The summed E-state index contributed by atoms with van der Waals surface area (Å²) in [6, 6.07) is 13.0. The summed E-state index contributed by atoms with van der Waals surface area (Å²) in [5.41, 5.74) is 15.8. The first-order chi connectivity index (χ1) is 13.3. The second kappa shape index (κ2) is 6.56. The standard InChI is InChI=1S/C22H18F2N4/c1-11-3-6-16(23)14(9-11)13-5-8-18-20(28-22(26)21(25)27-18)19(13)15-10-12(2)4-7-17(15)24/h3-10H,1-2H3,(H2,25,27)(H2,26,28). The lowest BCUT2D eigenvalue weighted by molar-refractivity contribution is 0.629. The fourth-order valence-electron chi connectivity index (χ4n) is 3.32. The highest BCUT2D eigenvalue weighted by Gasteiger charge is 2.20. The minimum atomic E-state index is -0.440. The molecule has 0 amide bonds. The molecule has 3 aromatic carbocycles. The summed E-state index contributed by atoms with van der Waals surface area (Å²) in [7, 11) is 0. The second-order valence-electron chi connectivity index (χ2n) is 6.82. The van der Waals surface area contributed by atoms with E-state index in [1.54, 1.807) is 36.4 Å². The first kappa shape index (κ1) is 17.9. The molecule has 0 spiro atoms. The zero-order valence-corrected chi connectivity index (χ0v) is 15.4. The van der Waals surface area contributed by atoms with Crippen LogP contribution in [0.5, 0.6) is 0 Å². The number of fused-ring (bicyclic) bond motifs is 1. The van der Waals surface area contributed by atoms with Crippen molar-refractivity contribution in [3.05, 3.63) is 71.3 Å². The van der Waals surface area contributed by atoms with E-state index in [0.717, 1.165) is 11.1 Å². The summed E-state index contributed by atoms with van der Waals surface area (Å²) in [5.74, 6) is -0.707. The van der Waals surface area contributed by atoms with E-state index in [9.17, 15) is 8.78 Å². The summed E-state index contributed by atoms with van der Waals surface area (Å²) < 4.78 is 29.5. The number of hydrogen-bond acceptors (Lipinski definition) is 4. The molecule has 0 unspecified atom stereocenters. The van der Waals surface area contributed by atoms with Gasteiger partial charge in [-0.1, -0.05) is 29.3 Å². The van der Waals surface area contributed by atoms with Crippen molar-refractivity contribution in [2.45, 2.75) is 13.8 Å². The zero-order chi connectivity index (χ0) is 20.0. The molecule has 0 aliphatic heterocycles. The number of rotatable bonds is 2. The summed E-state index contributed by atoms with van der Waals surface area (Å²) in [5, 5.41) is 0. The summed E-state index contributed by atoms with van der Waals surface area (Å²) in [6.45, 7) is 3.73. The molecular weight excluding hydrogens is 358 g/mol. The van der Waals surface area contributed by atoms with Crippen molar-refractivity contribution >= 4 is 22.7 Å². The Morgan fingerprint density at radius 2 is 1.25 bits per heavy atom. The third kappa shape index (κ3) is 2.93. The van der Waals surface area contributed by atoms with Crippen molar-refractivity contribution in [3.63, 3.8) is 0 Å². The highest BCUT2D eigenvalue weighted by molar-refractivity contribution is 6.02. The lowest BCUT2D eigenvalue weighted by Gasteiger charge is -2.16. The first-order valence-corrected chi connectivity index (χ1v) is 8.74. The Labute approximate surface area is 160 Å². The van der Waals surface area contributed by atoms with Gasteiger partial charge >= 0.3 is 0 Å². The molecule has 0 aliphatic rings. The maximum absolute atomic E-state index is 14.8. The van der Waals surface area contributed by atoms with Gasteiger partial charge in [0.25, 0.3) is 0 Å². The van der Waals surface area contributed by atoms with E-state index in [0.29, 0.717) is 33.3 Å². The molecule has 1 heterocycles. The Kier molecular flexibility index (Phi) is 4.19. The fraction of sp³-hybridized carbons (Fsp3) is 0.0909. The van der Waals surface area contributed by atoms with E-state index < -0.39 is 11.6 Å². The Hall–Kier alpha value is -3.54. The van der Waals surface area contributed by atoms with Crippen molar-refractivity contribution in [2.24, 2.45) is 0 Å². The van der Waals surface area contributed by atoms with Crippen LogP contribution in [0.4, 0.5) is 20.4 Å². The number of aryl methyl sites for hydroxylation is 2. The molecule has 140 valence electrons. The van der Waals surface area contributed by atoms with Crippen molar-refractivity contribution in [1.82, 2.24) is 9.97 Å². The maximum Gasteiger partial charge on any atom is 0.166 e. The summed E-state index contributed by atoms with van der Waals surface area (Å²) in [6.07, 6.45) is 0. The molecule has 0 bridgehead atoms. The minimum Gasteiger partial charge on any atom is -0.381 e. The number of aromatic nitrogens is 2. The highest BCUT2D eigenvalue weighted by Crippen LogP contribution is 2.40. The molecule has 6 heteroatoms. The lowest BCUT2D eigenvalue weighted by Crippen LogP contribution is -2.03. The Morgan fingerprint density at radius 1 is 0.679 bits per heavy atom. The minimum absolute atomic E-state index is 0.0451. The van der Waals surface area contributed by atoms with Crippen LogP contribution in [-0.4, -0.2) is 9.97 Å². The largest absolute Gasteiger partial charge is 0.381 e. The van der Waals surface area contributed by atoms with E-state index in [-0.39, 0.29) is 11.6 Å². The van der Waals surface area contributed by atoms with Gasteiger partial charge in [0, 0.05) is 16.7 Å². The molecule has 0 aliphatic carbocycles. The topological polar surface area (TPSA) is 77.8 Å². The molecule has 1 aromatic heterocycles. The van der Waals surface area contributed by atoms with Gasteiger partial charge in [-0.25, -0.2) is 18.7 Å². The van der Waals surface area contributed by atoms with Crippen molar-refractivity contribution in [2.75, 3.05) is 11.5 Å². The molecule has 4 nitrogen and oxygen atoms in total. The van der Waals surface area contributed by atoms with Gasteiger partial charge in [0.1, 0.15) is 11.6 Å². The lowest BCUT2D eigenvalue weighted by atomic mass is 9.91. The van der Waals surface area contributed by atoms with Crippen LogP contribution < -0.4 is 11.5 Å². The SMILES string of the molecule is Cc1ccc(F)c(-c2ccc3nc(N)c(N)nc3c2-c2cc(C)ccc2F)c1. The summed E-state index contributed by atoms with van der Waals surface area (Å²) in [4.78, 5) is 8.62. The van der Waals surface area contributed by atoms with Crippen molar-refractivity contribution in [1.29, 1.82) is 0 Å². The van der Waals surface area contributed by atoms with Crippen LogP contribution in [0, 0.1) is 25.5 Å². The Bertz CT molecular complexity index is 1240. The quantitative estimate of drug-likeness (QED) is 0.515. The van der Waals surface area contributed by atoms with Gasteiger partial charge in [-0.05, 0) is 49.7 Å². The number of anilines is 2. The van der Waals surface area contributed by atoms with Gasteiger partial charge in [0.2, 0.25) is 0 Å². The first-order valence-electron chi connectivity index (χ1n) is 8.74. The Balaban J connectivity index is 2.18. The average molecular weight is 376 g/mol. The highest BCUT2D eigenvalue weighted by atomic mass is 19.1. The van der Waals surface area contributed by atoms with E-state index in [4.69, 9.17) is 11.5 Å². The van der Waals surface area contributed by atoms with Crippen molar-refractivity contribution < 1.29 is 8.78 Å². The van der Waals surface area contributed by atoms with Crippen LogP contribution in [0.2, 0.25) is 0 Å². The van der Waals surface area contributed by atoms with Crippen LogP contribution >= 0.6 is 0 Å². The average Bonchev–Trinajstić information content (AvgIpc) is 2.66. The van der Waals surface area contributed by atoms with Gasteiger partial charge in [0.15, 0.2) is 11.6 Å². The molecule has 0 atom stereocenters. The number of hydrogen-bond donors (Lipinski definition) is 2. The van der Waals surface area contributed by atoms with E-state index >= 15 is 0 Å². The van der Waals surface area contributed by atoms with E-state index in [2.05, 4.69) is 9.97 Å². The normalized spacial score (nSPS) is 11.1. The molecule has 4 aromatic rings. The number of nitrogens with zero attached hydrogens (tertiary/aromatic N) is 2. The second-order valence-corrected chi connectivity index (χ2v) is 6.82. The number of halogens is 2. The molecular formula is C22H18F2N4. The fourth-order valence-corrected chi connectivity index (χ4v) is 3.32. The smallest absolute Gasteiger partial charge is 0.166 e. The zero-order valence-electron chi connectivity index (χ0n) is 15.4. The molecule has 0 saturated heterocycles. The van der Waals surface area contributed by atoms with Crippen LogP contribution in [0.15, 0.2) is 48.5 Å². The molecule has 0 saturated carbocycles. The molecule has 0 radical (unpaired) electrons. The van der Waals surface area contributed by atoms with Crippen LogP contribution in [0.25, 0.3) is 33.3 Å². The van der Waals surface area contributed by atoms with Crippen LogP contribution in [-0.2, 0) is 0 Å². The predicted octanol–water partition coefficient (Wildman–Crippen LogP) is 5.02. The van der Waals surface area contributed by atoms with Gasteiger partial charge in [0.05, 0.1) is 11.0 Å². The molecule has 0 fully saturated rings. The Morgan fingerprint density at radius 3 is 1.93 bits per heavy atom. The van der Waals surface area contributed by atoms with Crippen LogP contribution in [0.3, 0.4) is 0 Å². The van der Waals surface area contributed by atoms with Gasteiger partial charge in [-0.3, -0.25) is 0 Å². The molecule has 4 N–H and O–H groups in total. The van der Waals surface area contributed by atoms with E-state index in [1.165, 1.54) is 12.1 Å². The number of nitrogens with two attached hydrogens (primary N) is 2. The number of benzene rings is 3.